The Morgan fingerprint density at radius 3 is 2.43 bits per heavy atom. The first kappa shape index (κ1) is 16.9. The van der Waals surface area contributed by atoms with Gasteiger partial charge in [0.1, 0.15) is 11.9 Å². The number of hydrogen-bond acceptors (Lipinski definition) is 3. The van der Waals surface area contributed by atoms with E-state index in [2.05, 4.69) is 5.32 Å². The Hall–Kier alpha value is -2.18. The quantitative estimate of drug-likeness (QED) is 0.871. The first-order valence-electron chi connectivity index (χ1n) is 6.21. The van der Waals surface area contributed by atoms with E-state index in [0.717, 1.165) is 12.1 Å². The van der Waals surface area contributed by atoms with Crippen molar-refractivity contribution in [2.24, 2.45) is 5.41 Å². The molecule has 0 aliphatic rings. The molecule has 7 heteroatoms. The van der Waals surface area contributed by atoms with Crippen LogP contribution in [0.2, 0.25) is 0 Å². The molecular formula is C14H17F2NO4. The first-order chi connectivity index (χ1) is 9.61. The fourth-order valence-electron chi connectivity index (χ4n) is 1.59. The van der Waals surface area contributed by atoms with E-state index in [9.17, 15) is 18.4 Å². The summed E-state index contributed by atoms with van der Waals surface area (Å²) in [6, 6.07) is 1.57. The zero-order valence-electron chi connectivity index (χ0n) is 11.9. The van der Waals surface area contributed by atoms with Gasteiger partial charge in [0, 0.05) is 6.07 Å². The number of aliphatic carboxylic acids is 1. The molecule has 1 aromatic rings. The molecule has 21 heavy (non-hydrogen) atoms. The molecule has 0 saturated heterocycles. The van der Waals surface area contributed by atoms with Gasteiger partial charge in [-0.25, -0.2) is 13.6 Å². The van der Waals surface area contributed by atoms with Crippen molar-refractivity contribution in [2.45, 2.75) is 26.8 Å². The van der Waals surface area contributed by atoms with E-state index in [4.69, 9.17) is 9.84 Å². The van der Waals surface area contributed by atoms with Crippen molar-refractivity contribution >= 4 is 11.9 Å². The lowest BCUT2D eigenvalue weighted by Crippen LogP contribution is -2.50. The van der Waals surface area contributed by atoms with Crippen LogP contribution >= 0.6 is 0 Å². The minimum Gasteiger partial charge on any atom is -0.481 e. The summed E-state index contributed by atoms with van der Waals surface area (Å²) in [6.07, 6.45) is 0. The predicted molar refractivity (Wildman–Crippen MR) is 70.9 cm³/mol. The number of carbonyl (C=O) groups excluding carboxylic acids is 1. The van der Waals surface area contributed by atoms with Crippen LogP contribution in [0, 0.1) is 17.0 Å². The number of rotatable bonds is 5. The molecule has 1 amide bonds. The highest BCUT2D eigenvalue weighted by Crippen LogP contribution is 2.20. The third-order valence-corrected chi connectivity index (χ3v) is 2.67. The topological polar surface area (TPSA) is 75.6 Å². The van der Waals surface area contributed by atoms with E-state index >= 15 is 0 Å². The lowest BCUT2D eigenvalue weighted by molar-refractivity contribution is -0.145. The summed E-state index contributed by atoms with van der Waals surface area (Å²) in [7, 11) is 0. The predicted octanol–water partition coefficient (Wildman–Crippen LogP) is 1.96. The SMILES string of the molecule is CC(C)(C)[C@H](NC(=O)COc1ccc(F)cc1F)C(=O)O. The molecular weight excluding hydrogens is 284 g/mol. The Morgan fingerprint density at radius 1 is 1.33 bits per heavy atom. The lowest BCUT2D eigenvalue weighted by Gasteiger charge is -2.27. The molecule has 116 valence electrons. The Labute approximate surface area is 120 Å². The van der Waals surface area contributed by atoms with Gasteiger partial charge in [-0.1, -0.05) is 20.8 Å². The molecule has 0 aliphatic heterocycles. The molecule has 0 radical (unpaired) electrons. The molecule has 0 fully saturated rings. The first-order valence-corrected chi connectivity index (χ1v) is 6.21. The van der Waals surface area contributed by atoms with E-state index in [-0.39, 0.29) is 5.75 Å². The summed E-state index contributed by atoms with van der Waals surface area (Å²) in [5.41, 5.74) is -0.692. The molecule has 5 nitrogen and oxygen atoms in total. The number of amides is 1. The molecule has 0 bridgehead atoms. The molecule has 0 unspecified atom stereocenters. The van der Waals surface area contributed by atoms with Crippen molar-refractivity contribution in [1.29, 1.82) is 0 Å². The minimum absolute atomic E-state index is 0.283. The summed E-state index contributed by atoms with van der Waals surface area (Å²) >= 11 is 0. The maximum Gasteiger partial charge on any atom is 0.326 e. The van der Waals surface area contributed by atoms with E-state index in [1.165, 1.54) is 0 Å². The van der Waals surface area contributed by atoms with Gasteiger partial charge < -0.3 is 15.2 Å². The summed E-state index contributed by atoms with van der Waals surface area (Å²) in [5, 5.41) is 11.4. The summed E-state index contributed by atoms with van der Waals surface area (Å²) in [5.74, 6) is -3.87. The standard InChI is InChI=1S/C14H17F2NO4/c1-14(2,3)12(13(19)20)17-11(18)7-21-10-5-4-8(15)6-9(10)16/h4-6,12H,7H2,1-3H3,(H,17,18)(H,19,20)/t12-/m1/s1. The summed E-state index contributed by atoms with van der Waals surface area (Å²) in [6.45, 7) is 4.41. The average molecular weight is 301 g/mol. The third kappa shape index (κ3) is 5.02. The minimum atomic E-state index is -1.18. The highest BCUT2D eigenvalue weighted by atomic mass is 19.1. The largest absolute Gasteiger partial charge is 0.481 e. The molecule has 1 atom stereocenters. The molecule has 0 heterocycles. The fraction of sp³-hybridized carbons (Fsp3) is 0.429. The van der Waals surface area contributed by atoms with Crippen molar-refractivity contribution in [3.63, 3.8) is 0 Å². The van der Waals surface area contributed by atoms with Gasteiger partial charge in [-0.05, 0) is 17.5 Å². The molecule has 0 aliphatic carbocycles. The van der Waals surface area contributed by atoms with Gasteiger partial charge in [0.2, 0.25) is 0 Å². The van der Waals surface area contributed by atoms with Gasteiger partial charge in [0.15, 0.2) is 18.2 Å². The number of hydrogen-bond donors (Lipinski definition) is 2. The van der Waals surface area contributed by atoms with Crippen LogP contribution in [0.25, 0.3) is 0 Å². The molecule has 1 rings (SSSR count). The normalized spacial score (nSPS) is 12.6. The summed E-state index contributed by atoms with van der Waals surface area (Å²) < 4.78 is 30.9. The van der Waals surface area contributed by atoms with Gasteiger partial charge in [-0.3, -0.25) is 4.79 Å². The Balaban J connectivity index is 2.63. The van der Waals surface area contributed by atoms with Crippen LogP contribution in [-0.4, -0.2) is 29.6 Å². The van der Waals surface area contributed by atoms with E-state index in [1.54, 1.807) is 20.8 Å². The number of ether oxygens (including phenoxy) is 1. The second kappa shape index (κ2) is 6.51. The van der Waals surface area contributed by atoms with Gasteiger partial charge in [-0.15, -0.1) is 0 Å². The van der Waals surface area contributed by atoms with Crippen molar-refractivity contribution in [3.05, 3.63) is 29.8 Å². The van der Waals surface area contributed by atoms with E-state index < -0.39 is 41.6 Å². The van der Waals surface area contributed by atoms with Crippen LogP contribution in [0.1, 0.15) is 20.8 Å². The van der Waals surface area contributed by atoms with Gasteiger partial charge in [0.25, 0.3) is 5.91 Å². The van der Waals surface area contributed by atoms with Crippen LogP contribution in [-0.2, 0) is 9.59 Å². The lowest BCUT2D eigenvalue weighted by atomic mass is 9.87. The van der Waals surface area contributed by atoms with Crippen LogP contribution in [0.4, 0.5) is 8.78 Å². The molecule has 0 aromatic heterocycles. The molecule has 0 spiro atoms. The molecule has 2 N–H and O–H groups in total. The van der Waals surface area contributed by atoms with Crippen LogP contribution in [0.15, 0.2) is 18.2 Å². The number of carboxylic acid groups (broad SMARTS) is 1. The smallest absolute Gasteiger partial charge is 0.326 e. The monoisotopic (exact) mass is 301 g/mol. The number of nitrogens with one attached hydrogen (secondary N) is 1. The van der Waals surface area contributed by atoms with E-state index in [1.807, 2.05) is 0 Å². The van der Waals surface area contributed by atoms with Crippen LogP contribution in [0.5, 0.6) is 5.75 Å². The fourth-order valence-corrected chi connectivity index (χ4v) is 1.59. The average Bonchev–Trinajstić information content (AvgIpc) is 2.33. The van der Waals surface area contributed by atoms with Crippen LogP contribution in [0.3, 0.4) is 0 Å². The van der Waals surface area contributed by atoms with Gasteiger partial charge in [0.05, 0.1) is 0 Å². The molecule has 1 aromatic carbocycles. The number of carbonyl (C=O) groups is 2. The second-order valence-corrected chi connectivity index (χ2v) is 5.57. The molecule has 0 saturated carbocycles. The number of benzene rings is 1. The maximum atomic E-state index is 13.3. The van der Waals surface area contributed by atoms with Gasteiger partial charge >= 0.3 is 5.97 Å². The Kier molecular flexibility index (Phi) is 5.23. The zero-order valence-corrected chi connectivity index (χ0v) is 11.9. The Bertz CT molecular complexity index is 540. The number of halogens is 2. The van der Waals surface area contributed by atoms with Crippen molar-refractivity contribution in [3.8, 4) is 5.75 Å². The van der Waals surface area contributed by atoms with Crippen molar-refractivity contribution in [2.75, 3.05) is 6.61 Å². The highest BCUT2D eigenvalue weighted by molar-refractivity contribution is 5.84. The zero-order chi connectivity index (χ0) is 16.2. The number of carboxylic acids is 1. The van der Waals surface area contributed by atoms with Crippen molar-refractivity contribution < 1.29 is 28.2 Å². The van der Waals surface area contributed by atoms with Gasteiger partial charge in [-0.2, -0.15) is 0 Å². The highest BCUT2D eigenvalue weighted by Gasteiger charge is 2.32. The van der Waals surface area contributed by atoms with Crippen molar-refractivity contribution in [1.82, 2.24) is 5.32 Å². The third-order valence-electron chi connectivity index (χ3n) is 2.67. The van der Waals surface area contributed by atoms with Crippen LogP contribution < -0.4 is 10.1 Å². The maximum absolute atomic E-state index is 13.3. The Morgan fingerprint density at radius 2 is 1.95 bits per heavy atom. The summed E-state index contributed by atoms with van der Waals surface area (Å²) in [4.78, 5) is 22.8. The second-order valence-electron chi connectivity index (χ2n) is 5.57. The van der Waals surface area contributed by atoms with E-state index in [0.29, 0.717) is 6.07 Å².